The molecule has 2 heterocycles. The molecule has 4 rings (SSSR count). The van der Waals surface area contributed by atoms with Gasteiger partial charge in [0, 0.05) is 24.6 Å². The van der Waals surface area contributed by atoms with Crippen molar-refractivity contribution in [2.24, 2.45) is 15.9 Å². The quantitative estimate of drug-likeness (QED) is 0.729. The van der Waals surface area contributed by atoms with Gasteiger partial charge in [0.1, 0.15) is 11.8 Å². The van der Waals surface area contributed by atoms with Crippen molar-refractivity contribution in [1.29, 1.82) is 0 Å². The third-order valence-electron chi connectivity index (χ3n) is 5.50. The zero-order chi connectivity index (χ0) is 21.1. The second-order valence-electron chi connectivity index (χ2n) is 7.48. The van der Waals surface area contributed by atoms with E-state index in [4.69, 9.17) is 9.47 Å². The Labute approximate surface area is 180 Å². The molecule has 8 heteroatoms. The van der Waals surface area contributed by atoms with Gasteiger partial charge in [-0.15, -0.1) is 0 Å². The highest BCUT2D eigenvalue weighted by atomic mass is 32.2. The number of amides is 2. The van der Waals surface area contributed by atoms with E-state index in [-0.39, 0.29) is 24.2 Å². The van der Waals surface area contributed by atoms with E-state index in [0.717, 1.165) is 24.3 Å². The van der Waals surface area contributed by atoms with Gasteiger partial charge in [-0.3, -0.25) is 9.59 Å². The standard InChI is InChI=1S/C22H25N3O4S/c1-28-15-9-8-13(12-16(15)29-2)23-19(26)11-10-18-24-21(27)20-14-6-4-3-5-7-17(14)30-22(20)25-18/h8-9,12,20H,3-7,10-11H2,1-2H3,(H,23,26). The number of methoxy groups -OCH3 is 2. The molecule has 0 saturated heterocycles. The van der Waals surface area contributed by atoms with Crippen molar-refractivity contribution in [3.05, 3.63) is 28.7 Å². The summed E-state index contributed by atoms with van der Waals surface area (Å²) in [5.41, 5.74) is 1.85. The van der Waals surface area contributed by atoms with E-state index < -0.39 is 0 Å². The number of allylic oxidation sites excluding steroid dienone is 1. The molecule has 1 aliphatic carbocycles. The Bertz CT molecular complexity index is 967. The van der Waals surface area contributed by atoms with E-state index in [9.17, 15) is 9.59 Å². The minimum Gasteiger partial charge on any atom is -0.493 e. The Kier molecular flexibility index (Phi) is 6.22. The Balaban J connectivity index is 1.36. The van der Waals surface area contributed by atoms with Crippen molar-refractivity contribution in [3.63, 3.8) is 0 Å². The van der Waals surface area contributed by atoms with E-state index in [1.807, 2.05) is 0 Å². The molecular weight excluding hydrogens is 402 g/mol. The van der Waals surface area contributed by atoms with Gasteiger partial charge in [-0.25, -0.2) is 4.99 Å². The summed E-state index contributed by atoms with van der Waals surface area (Å²) in [5.74, 6) is 1.01. The summed E-state index contributed by atoms with van der Waals surface area (Å²) < 4.78 is 10.5. The predicted molar refractivity (Wildman–Crippen MR) is 118 cm³/mol. The third kappa shape index (κ3) is 4.28. The van der Waals surface area contributed by atoms with Crippen LogP contribution in [-0.2, 0) is 9.59 Å². The SMILES string of the molecule is COc1ccc(NC(=O)CCC2=NC(=O)C3C(=N2)SC2=C3CCCCC2)cc1OC. The van der Waals surface area contributed by atoms with Gasteiger partial charge in [0.25, 0.3) is 5.91 Å². The van der Waals surface area contributed by atoms with Crippen LogP contribution >= 0.6 is 11.8 Å². The van der Waals surface area contributed by atoms with Crippen LogP contribution in [-0.4, -0.2) is 36.9 Å². The first-order chi connectivity index (χ1) is 14.6. The lowest BCUT2D eigenvalue weighted by atomic mass is 9.94. The van der Waals surface area contributed by atoms with Crippen LogP contribution in [0.15, 0.2) is 38.7 Å². The lowest BCUT2D eigenvalue weighted by molar-refractivity contribution is -0.119. The summed E-state index contributed by atoms with van der Waals surface area (Å²) >= 11 is 1.65. The average molecular weight is 428 g/mol. The molecule has 2 amide bonds. The van der Waals surface area contributed by atoms with Gasteiger partial charge in [0.15, 0.2) is 11.5 Å². The van der Waals surface area contributed by atoms with Crippen molar-refractivity contribution in [3.8, 4) is 11.5 Å². The van der Waals surface area contributed by atoms with E-state index in [2.05, 4.69) is 15.3 Å². The van der Waals surface area contributed by atoms with Gasteiger partial charge in [-0.05, 0) is 48.3 Å². The van der Waals surface area contributed by atoms with Crippen LogP contribution < -0.4 is 14.8 Å². The molecule has 0 radical (unpaired) electrons. The Morgan fingerprint density at radius 2 is 1.93 bits per heavy atom. The van der Waals surface area contributed by atoms with E-state index in [1.54, 1.807) is 44.2 Å². The molecule has 1 unspecified atom stereocenters. The molecule has 1 N–H and O–H groups in total. The van der Waals surface area contributed by atoms with Crippen LogP contribution in [0.4, 0.5) is 5.69 Å². The minimum absolute atomic E-state index is 0.130. The Morgan fingerprint density at radius 1 is 1.13 bits per heavy atom. The van der Waals surface area contributed by atoms with Gasteiger partial charge in [0.05, 0.1) is 19.3 Å². The summed E-state index contributed by atoms with van der Waals surface area (Å²) in [7, 11) is 3.11. The number of hydrogen-bond donors (Lipinski definition) is 1. The maximum atomic E-state index is 12.7. The number of fused-ring (bicyclic) bond motifs is 2. The first kappa shape index (κ1) is 20.7. The van der Waals surface area contributed by atoms with Crippen LogP contribution in [0.25, 0.3) is 0 Å². The molecule has 3 aliphatic rings. The highest BCUT2D eigenvalue weighted by Crippen LogP contribution is 2.46. The topological polar surface area (TPSA) is 89.3 Å². The second kappa shape index (κ2) is 9.04. The fourth-order valence-corrected chi connectivity index (χ4v) is 5.36. The Morgan fingerprint density at radius 3 is 2.73 bits per heavy atom. The number of carbonyl (C=O) groups excluding carboxylic acids is 2. The van der Waals surface area contributed by atoms with Crippen molar-refractivity contribution in [1.82, 2.24) is 0 Å². The first-order valence-electron chi connectivity index (χ1n) is 10.2. The van der Waals surface area contributed by atoms with Gasteiger partial charge < -0.3 is 14.8 Å². The average Bonchev–Trinajstić information content (AvgIpc) is 2.94. The lowest BCUT2D eigenvalue weighted by Gasteiger charge is -2.16. The van der Waals surface area contributed by atoms with Gasteiger partial charge in [0.2, 0.25) is 5.91 Å². The summed E-state index contributed by atoms with van der Waals surface area (Å²) in [4.78, 5) is 35.2. The smallest absolute Gasteiger partial charge is 0.261 e. The summed E-state index contributed by atoms with van der Waals surface area (Å²) in [6.45, 7) is 0. The normalized spacial score (nSPS) is 20.6. The number of anilines is 1. The number of benzene rings is 1. The molecule has 7 nitrogen and oxygen atoms in total. The molecular formula is C22H25N3O4S. The summed E-state index contributed by atoms with van der Waals surface area (Å²) in [6.07, 6.45) is 6.03. The number of thioether (sulfide) groups is 1. The minimum atomic E-state index is -0.271. The predicted octanol–water partition coefficient (Wildman–Crippen LogP) is 4.34. The number of nitrogens with zero attached hydrogens (tertiary/aromatic N) is 2. The number of hydrogen-bond acceptors (Lipinski definition) is 6. The van der Waals surface area contributed by atoms with Crippen molar-refractivity contribution < 1.29 is 19.1 Å². The number of ether oxygens (including phenoxy) is 2. The molecule has 1 aromatic rings. The van der Waals surface area contributed by atoms with Crippen LogP contribution in [0, 0.1) is 5.92 Å². The van der Waals surface area contributed by atoms with Crippen molar-refractivity contribution >= 4 is 40.1 Å². The number of rotatable bonds is 6. The molecule has 1 aromatic carbocycles. The molecule has 158 valence electrons. The zero-order valence-corrected chi connectivity index (χ0v) is 18.0. The molecule has 2 aliphatic heterocycles. The largest absolute Gasteiger partial charge is 0.493 e. The molecule has 0 spiro atoms. The van der Waals surface area contributed by atoms with E-state index >= 15 is 0 Å². The van der Waals surface area contributed by atoms with E-state index in [0.29, 0.717) is 29.4 Å². The number of aliphatic imine (C=N–C) groups is 2. The monoisotopic (exact) mass is 427 g/mol. The third-order valence-corrected chi connectivity index (χ3v) is 6.75. The second-order valence-corrected chi connectivity index (χ2v) is 8.59. The van der Waals surface area contributed by atoms with Crippen LogP contribution in [0.2, 0.25) is 0 Å². The van der Waals surface area contributed by atoms with Gasteiger partial charge in [-0.1, -0.05) is 18.2 Å². The molecule has 30 heavy (non-hydrogen) atoms. The highest BCUT2D eigenvalue weighted by molar-refractivity contribution is 8.17. The van der Waals surface area contributed by atoms with Gasteiger partial charge >= 0.3 is 0 Å². The van der Waals surface area contributed by atoms with Crippen LogP contribution in [0.3, 0.4) is 0 Å². The number of nitrogens with one attached hydrogen (secondary N) is 1. The van der Waals surface area contributed by atoms with Crippen LogP contribution in [0.1, 0.15) is 44.9 Å². The zero-order valence-electron chi connectivity index (χ0n) is 17.2. The molecule has 0 saturated carbocycles. The summed E-state index contributed by atoms with van der Waals surface area (Å²) in [6, 6.07) is 5.19. The number of carbonyl (C=O) groups is 2. The molecule has 0 fully saturated rings. The summed E-state index contributed by atoms with van der Waals surface area (Å²) in [5, 5.41) is 3.68. The van der Waals surface area contributed by atoms with Crippen molar-refractivity contribution in [2.45, 2.75) is 44.9 Å². The molecule has 0 aromatic heterocycles. The maximum absolute atomic E-state index is 12.7. The maximum Gasteiger partial charge on any atom is 0.261 e. The van der Waals surface area contributed by atoms with Crippen molar-refractivity contribution in [2.75, 3.05) is 19.5 Å². The molecule has 0 bridgehead atoms. The fraction of sp³-hybridized carbons (Fsp3) is 0.455. The first-order valence-corrected chi connectivity index (χ1v) is 11.0. The number of amidine groups is 1. The Hall–Kier alpha value is -2.61. The fourth-order valence-electron chi connectivity index (χ4n) is 3.99. The lowest BCUT2D eigenvalue weighted by Crippen LogP contribution is -2.26. The van der Waals surface area contributed by atoms with Crippen LogP contribution in [0.5, 0.6) is 11.5 Å². The van der Waals surface area contributed by atoms with Gasteiger partial charge in [-0.2, -0.15) is 4.99 Å². The van der Waals surface area contributed by atoms with E-state index in [1.165, 1.54) is 23.3 Å². The molecule has 1 atom stereocenters. The highest BCUT2D eigenvalue weighted by Gasteiger charge is 2.39.